The van der Waals surface area contributed by atoms with Crippen LogP contribution in [0.3, 0.4) is 0 Å². The predicted molar refractivity (Wildman–Crippen MR) is 70.8 cm³/mol. The Labute approximate surface area is 109 Å². The molecule has 92 valence electrons. The molecule has 18 heavy (non-hydrogen) atoms. The van der Waals surface area contributed by atoms with Gasteiger partial charge in [-0.05, 0) is 25.1 Å². The second kappa shape index (κ2) is 5.47. The molecule has 0 aliphatic rings. The van der Waals surface area contributed by atoms with E-state index in [-0.39, 0.29) is 0 Å². The van der Waals surface area contributed by atoms with Crippen LogP contribution in [0.1, 0.15) is 12.5 Å². The molecule has 1 aromatic heterocycles. The van der Waals surface area contributed by atoms with E-state index in [9.17, 15) is 0 Å². The van der Waals surface area contributed by atoms with E-state index >= 15 is 0 Å². The van der Waals surface area contributed by atoms with E-state index in [1.807, 2.05) is 6.92 Å². The number of benzene rings is 1. The van der Waals surface area contributed by atoms with Gasteiger partial charge in [0, 0.05) is 12.1 Å². The predicted octanol–water partition coefficient (Wildman–Crippen LogP) is 2.52. The molecule has 0 radical (unpaired) electrons. The Balaban J connectivity index is 2.54. The minimum Gasteiger partial charge on any atom is -0.496 e. The van der Waals surface area contributed by atoms with Gasteiger partial charge in [-0.3, -0.25) is 0 Å². The normalized spacial score (nSPS) is 9.83. The Kier molecular flexibility index (Phi) is 3.75. The summed E-state index contributed by atoms with van der Waals surface area (Å²) in [4.78, 5) is 0. The molecule has 0 aliphatic heterocycles. The van der Waals surface area contributed by atoms with Gasteiger partial charge in [0.1, 0.15) is 11.4 Å². The van der Waals surface area contributed by atoms with Crippen LogP contribution in [0.5, 0.6) is 5.75 Å². The van der Waals surface area contributed by atoms with Gasteiger partial charge in [-0.1, -0.05) is 0 Å². The molecule has 5 nitrogen and oxygen atoms in total. The van der Waals surface area contributed by atoms with Gasteiger partial charge in [0.05, 0.1) is 30.5 Å². The number of nitriles is 1. The topological polar surface area (TPSA) is 70.8 Å². The van der Waals surface area contributed by atoms with Crippen molar-refractivity contribution in [3.8, 4) is 23.1 Å². The lowest BCUT2D eigenvalue weighted by Crippen LogP contribution is -1.99. The fraction of sp³-hybridized carbons (Fsp3) is 0.250. The Bertz CT molecular complexity index is 588. The van der Waals surface area contributed by atoms with Crippen molar-refractivity contribution >= 4 is 17.5 Å². The fourth-order valence-corrected chi connectivity index (χ4v) is 2.15. The average Bonchev–Trinajstić information content (AvgIpc) is 2.86. The largest absolute Gasteiger partial charge is 0.496 e. The standard InChI is InChI=1S/C12H12N4OS/c1-3-14-12-11(15-18-16-12)9-6-8(7-13)4-5-10(9)17-2/h4-6H,3H2,1-2H3,(H,14,16). The van der Waals surface area contributed by atoms with Crippen molar-refractivity contribution in [3.63, 3.8) is 0 Å². The maximum absolute atomic E-state index is 8.96. The van der Waals surface area contributed by atoms with Gasteiger partial charge in [-0.15, -0.1) is 0 Å². The van der Waals surface area contributed by atoms with Gasteiger partial charge in [0.15, 0.2) is 5.82 Å². The molecule has 0 spiro atoms. The van der Waals surface area contributed by atoms with E-state index < -0.39 is 0 Å². The molecule has 0 saturated heterocycles. The van der Waals surface area contributed by atoms with Crippen LogP contribution in [0.15, 0.2) is 18.2 Å². The first-order valence-corrected chi connectivity index (χ1v) is 6.18. The fourth-order valence-electron chi connectivity index (χ4n) is 1.61. The number of hydrogen-bond acceptors (Lipinski definition) is 6. The SMILES string of the molecule is CCNc1nsnc1-c1cc(C#N)ccc1OC. The molecule has 2 aromatic rings. The molecule has 1 aromatic carbocycles. The van der Waals surface area contributed by atoms with Gasteiger partial charge in [-0.25, -0.2) is 0 Å². The lowest BCUT2D eigenvalue weighted by molar-refractivity contribution is 0.416. The number of methoxy groups -OCH3 is 1. The molecule has 0 amide bonds. The van der Waals surface area contributed by atoms with Gasteiger partial charge in [0.2, 0.25) is 0 Å². The maximum atomic E-state index is 8.96. The number of anilines is 1. The zero-order valence-corrected chi connectivity index (χ0v) is 10.9. The van der Waals surface area contributed by atoms with E-state index in [1.54, 1.807) is 25.3 Å². The summed E-state index contributed by atoms with van der Waals surface area (Å²) in [7, 11) is 1.59. The first-order valence-electron chi connectivity index (χ1n) is 5.45. The van der Waals surface area contributed by atoms with Crippen molar-refractivity contribution in [2.45, 2.75) is 6.92 Å². The first-order chi connectivity index (χ1) is 8.80. The van der Waals surface area contributed by atoms with Crippen molar-refractivity contribution in [1.29, 1.82) is 5.26 Å². The third-order valence-corrected chi connectivity index (χ3v) is 2.94. The van der Waals surface area contributed by atoms with Gasteiger partial charge in [0.25, 0.3) is 0 Å². The molecule has 1 N–H and O–H groups in total. The Morgan fingerprint density at radius 3 is 2.94 bits per heavy atom. The Hall–Kier alpha value is -2.13. The highest BCUT2D eigenvalue weighted by Gasteiger charge is 2.15. The van der Waals surface area contributed by atoms with Crippen molar-refractivity contribution in [1.82, 2.24) is 8.75 Å². The summed E-state index contributed by atoms with van der Waals surface area (Å²) in [5.41, 5.74) is 2.07. The zero-order chi connectivity index (χ0) is 13.0. The monoisotopic (exact) mass is 260 g/mol. The van der Waals surface area contributed by atoms with E-state index in [1.165, 1.54) is 0 Å². The summed E-state index contributed by atoms with van der Waals surface area (Å²) in [6.07, 6.45) is 0. The van der Waals surface area contributed by atoms with E-state index in [0.29, 0.717) is 11.3 Å². The summed E-state index contributed by atoms with van der Waals surface area (Å²) in [5, 5.41) is 12.1. The number of ether oxygens (including phenoxy) is 1. The summed E-state index contributed by atoms with van der Waals surface area (Å²) in [5.74, 6) is 1.40. The maximum Gasteiger partial charge on any atom is 0.168 e. The van der Waals surface area contributed by atoms with Crippen LogP contribution < -0.4 is 10.1 Å². The number of rotatable bonds is 4. The highest BCUT2D eigenvalue weighted by molar-refractivity contribution is 6.99. The molecule has 0 unspecified atom stereocenters. The van der Waals surface area contributed by atoms with Crippen molar-refractivity contribution in [3.05, 3.63) is 23.8 Å². The third-order valence-electron chi connectivity index (χ3n) is 2.42. The Morgan fingerprint density at radius 1 is 1.44 bits per heavy atom. The molecule has 6 heteroatoms. The summed E-state index contributed by atoms with van der Waals surface area (Å²) in [6, 6.07) is 7.36. The lowest BCUT2D eigenvalue weighted by Gasteiger charge is -2.08. The molecule has 0 atom stereocenters. The highest BCUT2D eigenvalue weighted by Crippen LogP contribution is 2.34. The molecule has 0 bridgehead atoms. The van der Waals surface area contributed by atoms with Gasteiger partial charge < -0.3 is 10.1 Å². The number of nitrogens with one attached hydrogen (secondary N) is 1. The average molecular weight is 260 g/mol. The smallest absolute Gasteiger partial charge is 0.168 e. The van der Waals surface area contributed by atoms with Crippen LogP contribution in [0.2, 0.25) is 0 Å². The minimum atomic E-state index is 0.571. The molecular weight excluding hydrogens is 248 g/mol. The molecular formula is C12H12N4OS. The summed E-state index contributed by atoms with van der Waals surface area (Å²) >= 11 is 1.13. The van der Waals surface area contributed by atoms with Gasteiger partial charge >= 0.3 is 0 Å². The molecule has 2 rings (SSSR count). The third kappa shape index (κ3) is 2.26. The molecule has 1 heterocycles. The van der Waals surface area contributed by atoms with Crippen molar-refractivity contribution in [2.24, 2.45) is 0 Å². The zero-order valence-electron chi connectivity index (χ0n) is 10.1. The van der Waals surface area contributed by atoms with Crippen LogP contribution in [0.25, 0.3) is 11.3 Å². The van der Waals surface area contributed by atoms with E-state index in [4.69, 9.17) is 10.00 Å². The number of aromatic nitrogens is 2. The lowest BCUT2D eigenvalue weighted by atomic mass is 10.1. The molecule has 0 fully saturated rings. The van der Waals surface area contributed by atoms with Crippen LogP contribution in [0, 0.1) is 11.3 Å². The van der Waals surface area contributed by atoms with Crippen molar-refractivity contribution in [2.75, 3.05) is 19.0 Å². The second-order valence-electron chi connectivity index (χ2n) is 3.52. The first kappa shape index (κ1) is 12.3. The van der Waals surface area contributed by atoms with Crippen LogP contribution in [-0.2, 0) is 0 Å². The highest BCUT2D eigenvalue weighted by atomic mass is 32.1. The van der Waals surface area contributed by atoms with Gasteiger partial charge in [-0.2, -0.15) is 14.0 Å². The van der Waals surface area contributed by atoms with Crippen molar-refractivity contribution < 1.29 is 4.74 Å². The van der Waals surface area contributed by atoms with E-state index in [0.717, 1.165) is 35.3 Å². The van der Waals surface area contributed by atoms with Crippen LogP contribution in [-0.4, -0.2) is 22.4 Å². The quantitative estimate of drug-likeness (QED) is 0.914. The second-order valence-corrected chi connectivity index (χ2v) is 4.05. The minimum absolute atomic E-state index is 0.571. The summed E-state index contributed by atoms with van der Waals surface area (Å²) in [6.45, 7) is 2.75. The van der Waals surface area contributed by atoms with E-state index in [2.05, 4.69) is 20.1 Å². The Morgan fingerprint density at radius 2 is 2.28 bits per heavy atom. The number of nitrogens with zero attached hydrogens (tertiary/aromatic N) is 3. The van der Waals surface area contributed by atoms with Crippen LogP contribution in [0.4, 0.5) is 5.82 Å². The molecule has 0 aliphatic carbocycles. The molecule has 0 saturated carbocycles. The number of hydrogen-bond donors (Lipinski definition) is 1. The summed E-state index contributed by atoms with van der Waals surface area (Å²) < 4.78 is 13.8. The van der Waals surface area contributed by atoms with Crippen LogP contribution >= 0.6 is 11.7 Å².